The highest BCUT2D eigenvalue weighted by Gasteiger charge is 2.21. The van der Waals surface area contributed by atoms with E-state index in [0.29, 0.717) is 0 Å². The zero-order chi connectivity index (χ0) is 13.0. The van der Waals surface area contributed by atoms with E-state index in [9.17, 15) is 0 Å². The van der Waals surface area contributed by atoms with Gasteiger partial charge in [0.2, 0.25) is 0 Å². The van der Waals surface area contributed by atoms with Crippen LogP contribution in [0.4, 0.5) is 0 Å². The lowest BCUT2D eigenvalue weighted by Crippen LogP contribution is -2.38. The number of aryl methyl sites for hydroxylation is 1. The SMILES string of the molecule is CCC1CCCCN1Cc1cc(CNC)sc1C. The fourth-order valence-electron chi connectivity index (χ4n) is 2.96. The van der Waals surface area contributed by atoms with Gasteiger partial charge in [0.25, 0.3) is 0 Å². The van der Waals surface area contributed by atoms with E-state index < -0.39 is 0 Å². The molecule has 0 radical (unpaired) electrons. The molecule has 0 spiro atoms. The zero-order valence-electron chi connectivity index (χ0n) is 12.0. The molecule has 102 valence electrons. The molecule has 1 saturated heterocycles. The molecule has 1 aromatic heterocycles. The summed E-state index contributed by atoms with van der Waals surface area (Å²) in [7, 11) is 2.02. The van der Waals surface area contributed by atoms with Crippen molar-refractivity contribution in [3.05, 3.63) is 21.4 Å². The highest BCUT2D eigenvalue weighted by molar-refractivity contribution is 7.12. The molecule has 2 rings (SSSR count). The lowest BCUT2D eigenvalue weighted by atomic mass is 9.99. The van der Waals surface area contributed by atoms with Gasteiger partial charge in [-0.05, 0) is 51.4 Å². The molecular weight excluding hydrogens is 240 g/mol. The van der Waals surface area contributed by atoms with Crippen molar-refractivity contribution in [2.24, 2.45) is 0 Å². The van der Waals surface area contributed by atoms with Gasteiger partial charge in [-0.3, -0.25) is 4.90 Å². The van der Waals surface area contributed by atoms with Gasteiger partial charge >= 0.3 is 0 Å². The summed E-state index contributed by atoms with van der Waals surface area (Å²) in [6, 6.07) is 3.21. The summed E-state index contributed by atoms with van der Waals surface area (Å²) < 4.78 is 0. The van der Waals surface area contributed by atoms with E-state index in [-0.39, 0.29) is 0 Å². The Morgan fingerprint density at radius 2 is 2.28 bits per heavy atom. The predicted molar refractivity (Wildman–Crippen MR) is 80.2 cm³/mol. The molecule has 3 heteroatoms. The van der Waals surface area contributed by atoms with E-state index in [2.05, 4.69) is 30.1 Å². The van der Waals surface area contributed by atoms with Crippen molar-refractivity contribution in [2.45, 2.75) is 58.7 Å². The minimum Gasteiger partial charge on any atom is -0.315 e. The maximum Gasteiger partial charge on any atom is 0.0296 e. The van der Waals surface area contributed by atoms with Gasteiger partial charge in [0.15, 0.2) is 0 Å². The first-order valence-electron chi connectivity index (χ1n) is 7.21. The van der Waals surface area contributed by atoms with Gasteiger partial charge in [0, 0.05) is 28.9 Å². The number of rotatable bonds is 5. The van der Waals surface area contributed by atoms with Crippen molar-refractivity contribution in [1.29, 1.82) is 0 Å². The number of nitrogens with zero attached hydrogens (tertiary/aromatic N) is 1. The van der Waals surface area contributed by atoms with Gasteiger partial charge in [-0.1, -0.05) is 13.3 Å². The van der Waals surface area contributed by atoms with Gasteiger partial charge in [-0.2, -0.15) is 0 Å². The molecule has 0 aliphatic carbocycles. The van der Waals surface area contributed by atoms with Crippen LogP contribution in [0.25, 0.3) is 0 Å². The van der Waals surface area contributed by atoms with Crippen LogP contribution in [0.1, 0.15) is 47.9 Å². The number of likely N-dealkylation sites (tertiary alicyclic amines) is 1. The van der Waals surface area contributed by atoms with Crippen molar-refractivity contribution in [2.75, 3.05) is 13.6 Å². The van der Waals surface area contributed by atoms with E-state index in [4.69, 9.17) is 0 Å². The second-order valence-electron chi connectivity index (χ2n) is 5.35. The number of piperidine rings is 1. The molecule has 2 heterocycles. The molecule has 1 unspecified atom stereocenters. The maximum absolute atomic E-state index is 3.24. The van der Waals surface area contributed by atoms with Crippen molar-refractivity contribution in [3.63, 3.8) is 0 Å². The Bertz CT molecular complexity index is 373. The molecule has 0 aromatic carbocycles. The van der Waals surface area contributed by atoms with Gasteiger partial charge in [0.1, 0.15) is 0 Å². The third-order valence-electron chi connectivity index (χ3n) is 4.02. The van der Waals surface area contributed by atoms with Gasteiger partial charge in [0.05, 0.1) is 0 Å². The molecule has 1 aromatic rings. The highest BCUT2D eigenvalue weighted by atomic mass is 32.1. The summed E-state index contributed by atoms with van der Waals surface area (Å²) in [6.45, 7) is 8.04. The van der Waals surface area contributed by atoms with Crippen LogP contribution in [-0.2, 0) is 13.1 Å². The number of hydrogen-bond donors (Lipinski definition) is 1. The van der Waals surface area contributed by atoms with Crippen LogP contribution in [0.2, 0.25) is 0 Å². The third kappa shape index (κ3) is 3.34. The van der Waals surface area contributed by atoms with Crippen molar-refractivity contribution >= 4 is 11.3 Å². The molecule has 1 N–H and O–H groups in total. The second kappa shape index (κ2) is 6.69. The van der Waals surface area contributed by atoms with Crippen molar-refractivity contribution in [1.82, 2.24) is 10.2 Å². The molecule has 1 fully saturated rings. The van der Waals surface area contributed by atoms with Gasteiger partial charge < -0.3 is 5.32 Å². The molecule has 1 aliphatic heterocycles. The fourth-order valence-corrected chi connectivity index (χ4v) is 4.02. The molecule has 1 atom stereocenters. The van der Waals surface area contributed by atoms with E-state index in [1.165, 1.54) is 42.0 Å². The summed E-state index contributed by atoms with van der Waals surface area (Å²) in [5.74, 6) is 0. The molecule has 0 amide bonds. The number of hydrogen-bond acceptors (Lipinski definition) is 3. The average Bonchev–Trinajstić information content (AvgIpc) is 2.71. The molecular formula is C15H26N2S. The summed E-state index contributed by atoms with van der Waals surface area (Å²) in [5.41, 5.74) is 1.55. The van der Waals surface area contributed by atoms with E-state index >= 15 is 0 Å². The minimum atomic E-state index is 0.811. The Morgan fingerprint density at radius 1 is 1.44 bits per heavy atom. The number of thiophene rings is 1. The van der Waals surface area contributed by atoms with E-state index in [1.54, 1.807) is 5.56 Å². The summed E-state index contributed by atoms with van der Waals surface area (Å²) in [6.07, 6.45) is 5.49. The Hall–Kier alpha value is -0.380. The molecule has 1 aliphatic rings. The second-order valence-corrected chi connectivity index (χ2v) is 6.69. The maximum atomic E-state index is 3.24. The Morgan fingerprint density at radius 3 is 3.00 bits per heavy atom. The quantitative estimate of drug-likeness (QED) is 0.877. The largest absolute Gasteiger partial charge is 0.315 e. The van der Waals surface area contributed by atoms with Crippen molar-refractivity contribution < 1.29 is 0 Å². The minimum absolute atomic E-state index is 0.811. The van der Waals surface area contributed by atoms with Crippen LogP contribution in [0.5, 0.6) is 0 Å². The van der Waals surface area contributed by atoms with Gasteiger partial charge in [-0.15, -0.1) is 11.3 Å². The Kier molecular flexibility index (Phi) is 5.22. The monoisotopic (exact) mass is 266 g/mol. The average molecular weight is 266 g/mol. The van der Waals surface area contributed by atoms with E-state index in [1.807, 2.05) is 18.4 Å². The van der Waals surface area contributed by atoms with Crippen LogP contribution in [-0.4, -0.2) is 24.5 Å². The van der Waals surface area contributed by atoms with Crippen molar-refractivity contribution in [3.8, 4) is 0 Å². The highest BCUT2D eigenvalue weighted by Crippen LogP contribution is 2.27. The van der Waals surface area contributed by atoms with Gasteiger partial charge in [-0.25, -0.2) is 0 Å². The zero-order valence-corrected chi connectivity index (χ0v) is 12.8. The molecule has 18 heavy (non-hydrogen) atoms. The summed E-state index contributed by atoms with van der Waals surface area (Å²) in [5, 5.41) is 3.24. The van der Waals surface area contributed by atoms with Crippen LogP contribution in [0.3, 0.4) is 0 Å². The molecule has 0 bridgehead atoms. The molecule has 0 saturated carbocycles. The van der Waals surface area contributed by atoms with E-state index in [0.717, 1.165) is 19.1 Å². The van der Waals surface area contributed by atoms with Crippen LogP contribution >= 0.6 is 11.3 Å². The Labute approximate surface area is 115 Å². The summed E-state index contributed by atoms with van der Waals surface area (Å²) in [4.78, 5) is 5.66. The summed E-state index contributed by atoms with van der Waals surface area (Å²) >= 11 is 1.95. The lowest BCUT2D eigenvalue weighted by Gasteiger charge is -2.35. The topological polar surface area (TPSA) is 15.3 Å². The normalized spacial score (nSPS) is 21.4. The van der Waals surface area contributed by atoms with Crippen LogP contribution < -0.4 is 5.32 Å². The lowest BCUT2D eigenvalue weighted by molar-refractivity contribution is 0.136. The third-order valence-corrected chi connectivity index (χ3v) is 5.11. The Balaban J connectivity index is 2.03. The number of nitrogens with one attached hydrogen (secondary N) is 1. The molecule has 2 nitrogen and oxygen atoms in total. The van der Waals surface area contributed by atoms with Crippen LogP contribution in [0, 0.1) is 6.92 Å². The standard InChI is InChI=1S/C15H26N2S/c1-4-14-7-5-6-8-17(14)11-13-9-15(10-16-3)18-12(13)2/h9,14,16H,4-8,10-11H2,1-3H3. The fraction of sp³-hybridized carbons (Fsp3) is 0.733. The first-order chi connectivity index (χ1) is 8.74. The predicted octanol–water partition coefficient (Wildman–Crippen LogP) is 3.54. The first kappa shape index (κ1) is 14.0. The first-order valence-corrected chi connectivity index (χ1v) is 8.03. The van der Waals surface area contributed by atoms with Crippen LogP contribution in [0.15, 0.2) is 6.07 Å². The smallest absolute Gasteiger partial charge is 0.0296 e.